The highest BCUT2D eigenvalue weighted by molar-refractivity contribution is 6.21. The smallest absolute Gasteiger partial charge is 0.269 e. The Labute approximate surface area is 93.4 Å². The van der Waals surface area contributed by atoms with Crippen molar-refractivity contribution in [2.24, 2.45) is 5.92 Å². The molecule has 0 spiro atoms. The van der Waals surface area contributed by atoms with Gasteiger partial charge in [0.25, 0.3) is 5.91 Å². The number of aromatic amines is 1. The van der Waals surface area contributed by atoms with E-state index < -0.39 is 0 Å². The number of halogens is 1. The fraction of sp³-hybridized carbons (Fsp3) is 0.600. The normalized spacial score (nSPS) is 25.4. The number of alkyl halides is 1. The van der Waals surface area contributed by atoms with Crippen LogP contribution in [-0.4, -0.2) is 28.0 Å². The molecule has 1 aromatic rings. The average Bonchev–Trinajstić information content (AvgIpc) is 2.85. The van der Waals surface area contributed by atoms with Gasteiger partial charge in [0.15, 0.2) is 0 Å². The Balaban J connectivity index is 1.81. The summed E-state index contributed by atoms with van der Waals surface area (Å²) in [6.45, 7) is 0.659. The van der Waals surface area contributed by atoms with Crippen LogP contribution in [0, 0.1) is 5.92 Å². The molecule has 1 saturated carbocycles. The van der Waals surface area contributed by atoms with Gasteiger partial charge < -0.3 is 5.32 Å². The Kier molecular flexibility index (Phi) is 3.26. The summed E-state index contributed by atoms with van der Waals surface area (Å²) < 4.78 is 0. The fourth-order valence-corrected chi connectivity index (χ4v) is 2.29. The topological polar surface area (TPSA) is 57.8 Å². The van der Waals surface area contributed by atoms with E-state index in [0.29, 0.717) is 18.2 Å². The van der Waals surface area contributed by atoms with E-state index in [2.05, 4.69) is 15.5 Å². The molecular weight excluding hydrogens is 214 g/mol. The number of aromatic nitrogens is 2. The number of amides is 1. The Morgan fingerprint density at radius 2 is 2.53 bits per heavy atom. The van der Waals surface area contributed by atoms with Gasteiger partial charge in [-0.05, 0) is 24.8 Å². The summed E-state index contributed by atoms with van der Waals surface area (Å²) >= 11 is 6.12. The second kappa shape index (κ2) is 4.66. The van der Waals surface area contributed by atoms with Crippen LogP contribution in [0.25, 0.3) is 0 Å². The van der Waals surface area contributed by atoms with Crippen molar-refractivity contribution in [3.8, 4) is 0 Å². The molecule has 82 valence electrons. The Bertz CT molecular complexity index is 325. The van der Waals surface area contributed by atoms with Crippen molar-refractivity contribution in [2.75, 3.05) is 6.54 Å². The molecule has 1 fully saturated rings. The highest BCUT2D eigenvalue weighted by Gasteiger charge is 2.25. The van der Waals surface area contributed by atoms with E-state index >= 15 is 0 Å². The van der Waals surface area contributed by atoms with Crippen molar-refractivity contribution in [1.29, 1.82) is 0 Å². The number of hydrogen-bond acceptors (Lipinski definition) is 2. The molecule has 0 aliphatic heterocycles. The minimum Gasteiger partial charge on any atom is -0.350 e. The first kappa shape index (κ1) is 10.5. The summed E-state index contributed by atoms with van der Waals surface area (Å²) in [6, 6.07) is 1.65. The molecule has 1 aliphatic carbocycles. The van der Waals surface area contributed by atoms with E-state index in [-0.39, 0.29) is 11.3 Å². The maximum Gasteiger partial charge on any atom is 0.269 e. The van der Waals surface area contributed by atoms with Gasteiger partial charge in [-0.3, -0.25) is 9.89 Å². The molecule has 1 aliphatic rings. The average molecular weight is 228 g/mol. The third-order valence-electron chi connectivity index (χ3n) is 2.84. The van der Waals surface area contributed by atoms with Crippen LogP contribution in [0.1, 0.15) is 29.8 Å². The summed E-state index contributed by atoms with van der Waals surface area (Å²) in [5.74, 6) is 0.307. The molecule has 2 unspecified atom stereocenters. The van der Waals surface area contributed by atoms with Crippen LogP contribution < -0.4 is 5.32 Å². The predicted octanol–water partition coefficient (Wildman–Crippen LogP) is 1.55. The molecule has 0 bridgehead atoms. The fourth-order valence-electron chi connectivity index (χ4n) is 1.92. The maximum atomic E-state index is 11.5. The van der Waals surface area contributed by atoms with Gasteiger partial charge in [0.1, 0.15) is 5.69 Å². The number of rotatable bonds is 3. The van der Waals surface area contributed by atoms with Gasteiger partial charge in [0.05, 0.1) is 0 Å². The molecule has 4 nitrogen and oxygen atoms in total. The van der Waals surface area contributed by atoms with E-state index in [1.807, 2.05) is 0 Å². The lowest BCUT2D eigenvalue weighted by Gasteiger charge is -2.13. The number of carbonyl (C=O) groups excluding carboxylic acids is 1. The molecule has 1 heterocycles. The number of nitrogens with one attached hydrogen (secondary N) is 2. The highest BCUT2D eigenvalue weighted by atomic mass is 35.5. The van der Waals surface area contributed by atoms with Crippen molar-refractivity contribution < 1.29 is 4.79 Å². The summed E-state index contributed by atoms with van der Waals surface area (Å²) in [7, 11) is 0. The van der Waals surface area contributed by atoms with E-state index in [1.54, 1.807) is 12.3 Å². The lowest BCUT2D eigenvalue weighted by molar-refractivity contribution is 0.0942. The van der Waals surface area contributed by atoms with Crippen LogP contribution in [0.4, 0.5) is 0 Å². The monoisotopic (exact) mass is 227 g/mol. The van der Waals surface area contributed by atoms with Crippen molar-refractivity contribution in [3.05, 3.63) is 18.0 Å². The van der Waals surface area contributed by atoms with Gasteiger partial charge in [-0.15, -0.1) is 11.6 Å². The van der Waals surface area contributed by atoms with Gasteiger partial charge in [0, 0.05) is 18.1 Å². The number of H-pyrrole nitrogens is 1. The van der Waals surface area contributed by atoms with Crippen LogP contribution in [0.5, 0.6) is 0 Å². The zero-order valence-corrected chi connectivity index (χ0v) is 9.13. The van der Waals surface area contributed by atoms with E-state index in [1.165, 1.54) is 6.42 Å². The van der Waals surface area contributed by atoms with E-state index in [0.717, 1.165) is 12.8 Å². The second-order valence-corrected chi connectivity index (χ2v) is 4.45. The molecule has 2 N–H and O–H groups in total. The standard InChI is InChI=1S/C10H14ClN3O/c11-8-3-1-2-7(8)6-12-10(15)9-4-5-13-14-9/h4-5,7-8H,1-3,6H2,(H,12,15)(H,13,14). The number of hydrogen-bond donors (Lipinski definition) is 2. The van der Waals surface area contributed by atoms with Crippen LogP contribution >= 0.6 is 11.6 Å². The summed E-state index contributed by atoms with van der Waals surface area (Å²) in [6.07, 6.45) is 4.90. The summed E-state index contributed by atoms with van der Waals surface area (Å²) in [5, 5.41) is 9.43. The maximum absolute atomic E-state index is 11.5. The summed E-state index contributed by atoms with van der Waals surface area (Å²) in [4.78, 5) is 11.5. The second-order valence-electron chi connectivity index (χ2n) is 3.89. The van der Waals surface area contributed by atoms with Crippen LogP contribution in [-0.2, 0) is 0 Å². The Morgan fingerprint density at radius 3 is 3.13 bits per heavy atom. The number of carbonyl (C=O) groups is 1. The van der Waals surface area contributed by atoms with Gasteiger partial charge in [0.2, 0.25) is 0 Å². The molecule has 1 amide bonds. The molecule has 1 aromatic heterocycles. The third-order valence-corrected chi connectivity index (χ3v) is 3.41. The van der Waals surface area contributed by atoms with E-state index in [4.69, 9.17) is 11.6 Å². The summed E-state index contributed by atoms with van der Waals surface area (Å²) in [5.41, 5.74) is 0.499. The first-order chi connectivity index (χ1) is 7.27. The van der Waals surface area contributed by atoms with Crippen molar-refractivity contribution in [1.82, 2.24) is 15.5 Å². The van der Waals surface area contributed by atoms with Gasteiger partial charge in [-0.25, -0.2) is 0 Å². The Hall–Kier alpha value is -1.03. The van der Waals surface area contributed by atoms with Crippen LogP contribution in [0.15, 0.2) is 12.3 Å². The molecule has 0 radical (unpaired) electrons. The quantitative estimate of drug-likeness (QED) is 0.770. The van der Waals surface area contributed by atoms with Crippen molar-refractivity contribution in [3.63, 3.8) is 0 Å². The third kappa shape index (κ3) is 2.50. The Morgan fingerprint density at radius 1 is 1.67 bits per heavy atom. The van der Waals surface area contributed by atoms with E-state index in [9.17, 15) is 4.79 Å². The molecule has 2 rings (SSSR count). The molecule has 5 heteroatoms. The zero-order chi connectivity index (χ0) is 10.7. The lowest BCUT2D eigenvalue weighted by Crippen LogP contribution is -2.31. The van der Waals surface area contributed by atoms with Crippen LogP contribution in [0.3, 0.4) is 0 Å². The lowest BCUT2D eigenvalue weighted by atomic mass is 10.1. The van der Waals surface area contributed by atoms with Crippen molar-refractivity contribution >= 4 is 17.5 Å². The van der Waals surface area contributed by atoms with Crippen molar-refractivity contribution in [2.45, 2.75) is 24.6 Å². The minimum absolute atomic E-state index is 0.108. The zero-order valence-electron chi connectivity index (χ0n) is 8.37. The molecule has 15 heavy (non-hydrogen) atoms. The molecule has 0 saturated heterocycles. The molecule has 0 aromatic carbocycles. The first-order valence-corrected chi connectivity index (χ1v) is 5.62. The highest BCUT2D eigenvalue weighted by Crippen LogP contribution is 2.29. The molecule has 2 atom stereocenters. The SMILES string of the molecule is O=C(NCC1CCCC1Cl)c1ccn[nH]1. The largest absolute Gasteiger partial charge is 0.350 e. The van der Waals surface area contributed by atoms with Gasteiger partial charge in [-0.2, -0.15) is 5.10 Å². The van der Waals surface area contributed by atoms with Gasteiger partial charge in [-0.1, -0.05) is 6.42 Å². The van der Waals surface area contributed by atoms with Crippen LogP contribution in [0.2, 0.25) is 0 Å². The number of nitrogens with zero attached hydrogens (tertiary/aromatic N) is 1. The minimum atomic E-state index is -0.108. The van der Waals surface area contributed by atoms with Gasteiger partial charge >= 0.3 is 0 Å². The predicted molar refractivity (Wildman–Crippen MR) is 57.9 cm³/mol. The molecular formula is C10H14ClN3O. The first-order valence-electron chi connectivity index (χ1n) is 5.19.